The Hall–Kier alpha value is -3.39. The molecule has 3 heterocycles. The lowest BCUT2D eigenvalue weighted by atomic mass is 10.1. The smallest absolute Gasteiger partial charge is 0.240 e. The third-order valence-corrected chi connectivity index (χ3v) is 7.78. The second-order valence-corrected chi connectivity index (χ2v) is 11.6. The van der Waals surface area contributed by atoms with Crippen molar-refractivity contribution in [1.82, 2.24) is 24.2 Å². The van der Waals surface area contributed by atoms with Gasteiger partial charge in [0.1, 0.15) is 34.9 Å². The van der Waals surface area contributed by atoms with Gasteiger partial charge in [-0.2, -0.15) is 0 Å². The molecule has 0 saturated heterocycles. The van der Waals surface area contributed by atoms with E-state index in [4.69, 9.17) is 16.3 Å². The first kappa shape index (κ1) is 26.2. The molecule has 10 nitrogen and oxygen atoms in total. The van der Waals surface area contributed by atoms with Crippen LogP contribution >= 0.6 is 11.6 Å². The summed E-state index contributed by atoms with van der Waals surface area (Å²) < 4.78 is 63.8. The van der Waals surface area contributed by atoms with Crippen LogP contribution in [-0.2, 0) is 15.6 Å². The summed E-state index contributed by atoms with van der Waals surface area (Å²) in [4.78, 5) is 12.6. The van der Waals surface area contributed by atoms with Crippen LogP contribution in [0, 0.1) is 11.6 Å². The molecule has 2 aromatic heterocycles. The van der Waals surface area contributed by atoms with E-state index in [9.17, 15) is 17.9 Å². The maximum Gasteiger partial charge on any atom is 0.240 e. The topological polar surface area (TPSA) is 131 Å². The van der Waals surface area contributed by atoms with E-state index >= 15 is 4.39 Å². The van der Waals surface area contributed by atoms with E-state index in [2.05, 4.69) is 25.0 Å². The maximum absolute atomic E-state index is 15.4. The number of benzene rings is 2. The highest BCUT2D eigenvalue weighted by molar-refractivity contribution is 7.89. The molecular formula is C24H23ClF2N6O4S. The molecule has 4 aromatic rings. The van der Waals surface area contributed by atoms with E-state index < -0.39 is 27.3 Å². The highest BCUT2D eigenvalue weighted by Gasteiger charge is 2.34. The molecule has 0 amide bonds. The van der Waals surface area contributed by atoms with Gasteiger partial charge in [0.2, 0.25) is 16.0 Å². The summed E-state index contributed by atoms with van der Waals surface area (Å²) >= 11 is 6.41. The number of nitrogens with one attached hydrogen (secondary N) is 2. The van der Waals surface area contributed by atoms with Crippen molar-refractivity contribution in [3.05, 3.63) is 52.9 Å². The predicted molar refractivity (Wildman–Crippen MR) is 137 cm³/mol. The van der Waals surface area contributed by atoms with Crippen molar-refractivity contribution in [3.63, 3.8) is 0 Å². The zero-order valence-electron chi connectivity index (χ0n) is 20.7. The molecule has 0 fully saturated rings. The fourth-order valence-corrected chi connectivity index (χ4v) is 5.22. The number of rotatable bonds is 6. The molecular weight excluding hydrogens is 542 g/mol. The SMILES string of the molecule is CNS(=O)(=O)c1ccc(Nc2ncc(Cl)c(-c3cc(F)c4nc(C(C)(C)O)n5c4c3OC[C@@H]5C)n2)c(F)c1. The molecule has 1 aliphatic rings. The number of halogens is 3. The quantitative estimate of drug-likeness (QED) is 0.317. The molecule has 14 heteroatoms. The van der Waals surface area contributed by atoms with Gasteiger partial charge in [0.15, 0.2) is 11.6 Å². The second kappa shape index (κ2) is 9.12. The van der Waals surface area contributed by atoms with Crippen LogP contribution in [-0.4, -0.2) is 46.7 Å². The highest BCUT2D eigenvalue weighted by atomic mass is 35.5. The van der Waals surface area contributed by atoms with Gasteiger partial charge in [0.25, 0.3) is 0 Å². The summed E-state index contributed by atoms with van der Waals surface area (Å²) in [5, 5.41) is 13.4. The number of hydrogen-bond acceptors (Lipinski definition) is 8. The Morgan fingerprint density at radius 1 is 1.21 bits per heavy atom. The van der Waals surface area contributed by atoms with Crippen molar-refractivity contribution in [2.75, 3.05) is 19.0 Å². The first-order valence-electron chi connectivity index (χ1n) is 11.4. The summed E-state index contributed by atoms with van der Waals surface area (Å²) in [6.07, 6.45) is 1.27. The average Bonchev–Trinajstić information content (AvgIpc) is 3.28. The molecule has 5 rings (SSSR count). The molecule has 200 valence electrons. The first-order chi connectivity index (χ1) is 17.8. The van der Waals surface area contributed by atoms with Crippen LogP contribution in [0.5, 0.6) is 5.75 Å². The summed E-state index contributed by atoms with van der Waals surface area (Å²) in [5.74, 6) is -1.03. The molecule has 2 aromatic carbocycles. The Balaban J connectivity index is 1.62. The lowest BCUT2D eigenvalue weighted by Gasteiger charge is -2.28. The van der Waals surface area contributed by atoms with Gasteiger partial charge < -0.3 is 19.7 Å². The molecule has 0 aliphatic carbocycles. The number of sulfonamides is 1. The maximum atomic E-state index is 15.4. The Bertz CT molecular complexity index is 1700. The molecule has 1 atom stereocenters. The highest BCUT2D eigenvalue weighted by Crippen LogP contribution is 2.45. The van der Waals surface area contributed by atoms with Crippen molar-refractivity contribution < 1.29 is 27.0 Å². The Kier molecular flexibility index (Phi) is 6.29. The van der Waals surface area contributed by atoms with E-state index in [0.717, 1.165) is 6.07 Å². The average molecular weight is 565 g/mol. The van der Waals surface area contributed by atoms with Crippen molar-refractivity contribution in [1.29, 1.82) is 0 Å². The van der Waals surface area contributed by atoms with Crippen molar-refractivity contribution in [2.24, 2.45) is 0 Å². The van der Waals surface area contributed by atoms with Crippen molar-refractivity contribution >= 4 is 44.3 Å². The molecule has 0 radical (unpaired) electrons. The number of hydrogen-bond donors (Lipinski definition) is 3. The fourth-order valence-electron chi connectivity index (χ4n) is 4.28. The minimum Gasteiger partial charge on any atom is -0.488 e. The van der Waals surface area contributed by atoms with Crippen molar-refractivity contribution in [3.8, 4) is 17.0 Å². The van der Waals surface area contributed by atoms with E-state index in [0.29, 0.717) is 5.52 Å². The number of imidazole rings is 1. The van der Waals surface area contributed by atoms with E-state index in [1.165, 1.54) is 31.4 Å². The van der Waals surface area contributed by atoms with Gasteiger partial charge >= 0.3 is 0 Å². The van der Waals surface area contributed by atoms with Crippen LogP contribution in [0.2, 0.25) is 5.02 Å². The lowest BCUT2D eigenvalue weighted by molar-refractivity contribution is 0.0616. The number of aromatic nitrogens is 4. The van der Waals surface area contributed by atoms with E-state index in [1.54, 1.807) is 18.4 Å². The summed E-state index contributed by atoms with van der Waals surface area (Å²) in [5.41, 5.74) is -0.709. The first-order valence-corrected chi connectivity index (χ1v) is 13.3. The number of anilines is 2. The van der Waals surface area contributed by atoms with Crippen LogP contribution in [0.4, 0.5) is 20.4 Å². The zero-order chi connectivity index (χ0) is 27.6. The summed E-state index contributed by atoms with van der Waals surface area (Å²) in [6, 6.07) is 4.26. The molecule has 0 bridgehead atoms. The van der Waals surface area contributed by atoms with Gasteiger partial charge in [-0.05, 0) is 52.1 Å². The van der Waals surface area contributed by atoms with Crippen LogP contribution in [0.15, 0.2) is 35.4 Å². The van der Waals surface area contributed by atoms with E-state index in [1.807, 2.05) is 6.92 Å². The van der Waals surface area contributed by atoms with Crippen LogP contribution in [0.1, 0.15) is 32.6 Å². The van der Waals surface area contributed by atoms with Gasteiger partial charge in [-0.1, -0.05) is 11.6 Å². The number of aliphatic hydroxyl groups is 1. The van der Waals surface area contributed by atoms with Gasteiger partial charge in [0.05, 0.1) is 33.5 Å². The van der Waals surface area contributed by atoms with E-state index in [-0.39, 0.29) is 62.6 Å². The number of nitrogens with zero attached hydrogens (tertiary/aromatic N) is 4. The Morgan fingerprint density at radius 3 is 2.61 bits per heavy atom. The third-order valence-electron chi connectivity index (χ3n) is 6.09. The second-order valence-electron chi connectivity index (χ2n) is 9.32. The Morgan fingerprint density at radius 2 is 1.95 bits per heavy atom. The van der Waals surface area contributed by atoms with Gasteiger partial charge in [0, 0.05) is 5.56 Å². The van der Waals surface area contributed by atoms with Crippen LogP contribution in [0.3, 0.4) is 0 Å². The monoisotopic (exact) mass is 564 g/mol. The third kappa shape index (κ3) is 4.34. The Labute approximate surface area is 221 Å². The molecule has 1 aliphatic heterocycles. The molecule has 0 saturated carbocycles. The summed E-state index contributed by atoms with van der Waals surface area (Å²) in [7, 11) is -2.62. The minimum atomic E-state index is -3.84. The molecule has 38 heavy (non-hydrogen) atoms. The van der Waals surface area contributed by atoms with Gasteiger partial charge in [-0.15, -0.1) is 0 Å². The largest absolute Gasteiger partial charge is 0.488 e. The van der Waals surface area contributed by atoms with Crippen LogP contribution in [0.25, 0.3) is 22.3 Å². The van der Waals surface area contributed by atoms with Crippen LogP contribution < -0.4 is 14.8 Å². The van der Waals surface area contributed by atoms with Crippen molar-refractivity contribution in [2.45, 2.75) is 37.3 Å². The number of ether oxygens (including phenoxy) is 1. The fraction of sp³-hybridized carbons (Fsp3) is 0.292. The standard InChI is InChI=1S/C24H23ClF2N6O4S/c1-11-10-37-21-13(8-16(27)19-20(21)33(11)22(31-19)24(2,3)34)18-14(25)9-29-23(32-18)30-17-6-5-12(7-15(17)26)38(35,36)28-4/h5-9,11,28,34H,10H2,1-4H3,(H,29,30,32)/t11-/m0/s1. The molecule has 0 unspecified atom stereocenters. The predicted octanol–water partition coefficient (Wildman–Crippen LogP) is 4.26. The summed E-state index contributed by atoms with van der Waals surface area (Å²) in [6.45, 7) is 5.22. The lowest BCUT2D eigenvalue weighted by Crippen LogP contribution is -2.28. The van der Waals surface area contributed by atoms with Gasteiger partial charge in [-0.3, -0.25) is 0 Å². The minimum absolute atomic E-state index is 0.0367. The molecule has 0 spiro atoms. The van der Waals surface area contributed by atoms with Gasteiger partial charge in [-0.25, -0.2) is 36.9 Å². The molecule has 3 N–H and O–H groups in total. The zero-order valence-corrected chi connectivity index (χ0v) is 22.2. The normalized spacial score (nSPS) is 15.5.